The van der Waals surface area contributed by atoms with Crippen molar-refractivity contribution in [3.05, 3.63) is 53.9 Å². The number of nitrogens with two attached hydrogens (primary N) is 1. The monoisotopic (exact) mass is 229 g/mol. The van der Waals surface area contributed by atoms with Crippen LogP contribution in [0.1, 0.15) is 29.8 Å². The van der Waals surface area contributed by atoms with Crippen molar-refractivity contribution in [1.82, 2.24) is 20.4 Å². The van der Waals surface area contributed by atoms with Crippen LogP contribution in [-0.2, 0) is 6.42 Å². The summed E-state index contributed by atoms with van der Waals surface area (Å²) in [5.41, 5.74) is 5.82. The normalized spacial score (nSPS) is 12.4. The van der Waals surface area contributed by atoms with E-state index in [1.54, 1.807) is 24.8 Å². The summed E-state index contributed by atoms with van der Waals surface area (Å²) in [6.07, 6.45) is 9.54. The Hall–Kier alpha value is -1.85. The van der Waals surface area contributed by atoms with Crippen molar-refractivity contribution >= 4 is 0 Å². The highest BCUT2D eigenvalue weighted by Gasteiger charge is 2.16. The number of aryl methyl sites for hydroxylation is 1. The van der Waals surface area contributed by atoms with Gasteiger partial charge >= 0.3 is 0 Å². The van der Waals surface area contributed by atoms with Crippen LogP contribution in [0.5, 0.6) is 0 Å². The lowest BCUT2D eigenvalue weighted by molar-refractivity contribution is 0.611. The minimum absolute atomic E-state index is 0.151. The molecule has 0 aromatic carbocycles. The number of rotatable bonds is 4. The fraction of sp³-hybridized carbons (Fsp3) is 0.250. The van der Waals surface area contributed by atoms with Crippen molar-refractivity contribution in [2.75, 3.05) is 0 Å². The van der Waals surface area contributed by atoms with Gasteiger partial charge in [0.25, 0.3) is 0 Å². The predicted molar refractivity (Wildman–Crippen MR) is 64.8 cm³/mol. The topological polar surface area (TPSA) is 76.7 Å². The van der Waals surface area contributed by atoms with Gasteiger partial charge in [0.1, 0.15) is 0 Å². The van der Waals surface area contributed by atoms with Crippen molar-refractivity contribution in [2.45, 2.75) is 19.4 Å². The third kappa shape index (κ3) is 2.46. The van der Waals surface area contributed by atoms with Gasteiger partial charge in [-0.25, -0.2) is 5.43 Å². The maximum atomic E-state index is 5.62. The van der Waals surface area contributed by atoms with E-state index in [1.165, 1.54) is 0 Å². The quantitative estimate of drug-likeness (QED) is 0.604. The Morgan fingerprint density at radius 1 is 1.24 bits per heavy atom. The summed E-state index contributed by atoms with van der Waals surface area (Å²) < 4.78 is 0. The molecule has 2 rings (SSSR count). The molecular formula is C12H15N5. The highest BCUT2D eigenvalue weighted by atomic mass is 15.2. The van der Waals surface area contributed by atoms with Gasteiger partial charge < -0.3 is 0 Å². The van der Waals surface area contributed by atoms with Crippen molar-refractivity contribution in [3.8, 4) is 0 Å². The van der Waals surface area contributed by atoms with Crippen molar-refractivity contribution in [2.24, 2.45) is 5.84 Å². The fourth-order valence-electron chi connectivity index (χ4n) is 1.81. The van der Waals surface area contributed by atoms with E-state index in [-0.39, 0.29) is 6.04 Å². The zero-order valence-electron chi connectivity index (χ0n) is 9.67. The molecule has 2 aromatic heterocycles. The summed E-state index contributed by atoms with van der Waals surface area (Å²) >= 11 is 0. The summed E-state index contributed by atoms with van der Waals surface area (Å²) in [6, 6.07) is 1.81. The zero-order chi connectivity index (χ0) is 12.1. The van der Waals surface area contributed by atoms with E-state index in [0.717, 1.165) is 23.2 Å². The van der Waals surface area contributed by atoms with E-state index in [4.69, 9.17) is 5.84 Å². The molecule has 0 spiro atoms. The number of aromatic nitrogens is 3. The number of hydrogen-bond donors (Lipinski definition) is 2. The minimum atomic E-state index is -0.151. The number of hydrogen-bond acceptors (Lipinski definition) is 5. The standard InChI is InChI=1S/C12H15N5/c1-2-9-7-14-4-3-10(9)12(17-13)11-8-15-5-6-16-11/h3-8,12,17H,2,13H2,1H3. The fourth-order valence-corrected chi connectivity index (χ4v) is 1.81. The second-order valence-corrected chi connectivity index (χ2v) is 3.66. The van der Waals surface area contributed by atoms with Crippen LogP contribution in [0.15, 0.2) is 37.1 Å². The molecule has 2 aromatic rings. The minimum Gasteiger partial charge on any atom is -0.271 e. The maximum absolute atomic E-state index is 5.62. The Morgan fingerprint density at radius 3 is 2.71 bits per heavy atom. The summed E-state index contributed by atoms with van der Waals surface area (Å²) in [5, 5.41) is 0. The Labute approximate surface area is 100 Å². The molecule has 0 fully saturated rings. The largest absolute Gasteiger partial charge is 0.271 e. The first-order valence-corrected chi connectivity index (χ1v) is 5.51. The highest BCUT2D eigenvalue weighted by Crippen LogP contribution is 2.22. The third-order valence-electron chi connectivity index (χ3n) is 2.68. The molecule has 0 aliphatic carbocycles. The van der Waals surface area contributed by atoms with Crippen LogP contribution in [-0.4, -0.2) is 15.0 Å². The Kier molecular flexibility index (Phi) is 3.74. The number of hydrazine groups is 1. The van der Waals surface area contributed by atoms with Gasteiger partial charge in [0.15, 0.2) is 0 Å². The highest BCUT2D eigenvalue weighted by molar-refractivity contribution is 5.32. The zero-order valence-corrected chi connectivity index (χ0v) is 9.67. The van der Waals surface area contributed by atoms with Crippen LogP contribution in [0.2, 0.25) is 0 Å². The molecule has 0 radical (unpaired) electrons. The van der Waals surface area contributed by atoms with Crippen molar-refractivity contribution < 1.29 is 0 Å². The van der Waals surface area contributed by atoms with Gasteiger partial charge in [-0.15, -0.1) is 0 Å². The van der Waals surface area contributed by atoms with E-state index in [2.05, 4.69) is 27.3 Å². The molecule has 0 aliphatic rings. The van der Waals surface area contributed by atoms with Crippen molar-refractivity contribution in [1.29, 1.82) is 0 Å². The van der Waals surface area contributed by atoms with E-state index >= 15 is 0 Å². The summed E-state index contributed by atoms with van der Waals surface area (Å²) in [5.74, 6) is 5.62. The smallest absolute Gasteiger partial charge is 0.0900 e. The maximum Gasteiger partial charge on any atom is 0.0900 e. The van der Waals surface area contributed by atoms with Gasteiger partial charge in [-0.1, -0.05) is 6.92 Å². The molecule has 0 aliphatic heterocycles. The first kappa shape index (κ1) is 11.6. The predicted octanol–water partition coefficient (Wildman–Crippen LogP) is 0.987. The molecule has 3 N–H and O–H groups in total. The van der Waals surface area contributed by atoms with Gasteiger partial charge in [-0.05, 0) is 23.6 Å². The van der Waals surface area contributed by atoms with Gasteiger partial charge in [-0.2, -0.15) is 0 Å². The number of nitrogens with one attached hydrogen (secondary N) is 1. The lowest BCUT2D eigenvalue weighted by atomic mass is 9.99. The molecule has 0 saturated carbocycles. The van der Waals surface area contributed by atoms with E-state index in [9.17, 15) is 0 Å². The molecule has 0 amide bonds. The summed E-state index contributed by atoms with van der Waals surface area (Å²) in [4.78, 5) is 12.5. The average Bonchev–Trinajstić information content (AvgIpc) is 2.41. The lowest BCUT2D eigenvalue weighted by Gasteiger charge is -2.17. The van der Waals surface area contributed by atoms with Crippen LogP contribution in [0.3, 0.4) is 0 Å². The SMILES string of the molecule is CCc1cnccc1C(NN)c1cnccn1. The van der Waals surface area contributed by atoms with Crippen LogP contribution in [0.25, 0.3) is 0 Å². The van der Waals surface area contributed by atoms with Gasteiger partial charge in [0.2, 0.25) is 0 Å². The van der Waals surface area contributed by atoms with E-state index in [1.807, 2.05) is 12.3 Å². The second kappa shape index (κ2) is 5.47. The van der Waals surface area contributed by atoms with Crippen LogP contribution in [0, 0.1) is 0 Å². The Bertz CT molecular complexity index is 471. The molecule has 0 saturated heterocycles. The Balaban J connectivity index is 2.42. The molecule has 88 valence electrons. The average molecular weight is 229 g/mol. The van der Waals surface area contributed by atoms with E-state index < -0.39 is 0 Å². The molecule has 0 bridgehead atoms. The van der Waals surface area contributed by atoms with E-state index in [0.29, 0.717) is 0 Å². The number of pyridine rings is 1. The molecule has 2 heterocycles. The molecule has 17 heavy (non-hydrogen) atoms. The third-order valence-corrected chi connectivity index (χ3v) is 2.68. The first-order chi connectivity index (χ1) is 8.36. The summed E-state index contributed by atoms with van der Waals surface area (Å²) in [6.45, 7) is 2.09. The number of nitrogens with zero attached hydrogens (tertiary/aromatic N) is 3. The first-order valence-electron chi connectivity index (χ1n) is 5.51. The van der Waals surface area contributed by atoms with Gasteiger partial charge in [0, 0.05) is 24.8 Å². The Morgan fingerprint density at radius 2 is 2.06 bits per heavy atom. The molecule has 5 heteroatoms. The van der Waals surface area contributed by atoms with Gasteiger partial charge in [-0.3, -0.25) is 20.8 Å². The molecule has 1 unspecified atom stereocenters. The summed E-state index contributed by atoms with van der Waals surface area (Å²) in [7, 11) is 0. The molecular weight excluding hydrogens is 214 g/mol. The second-order valence-electron chi connectivity index (χ2n) is 3.66. The van der Waals surface area contributed by atoms with Gasteiger partial charge in [0.05, 0.1) is 17.9 Å². The molecule has 5 nitrogen and oxygen atoms in total. The van der Waals surface area contributed by atoms with Crippen molar-refractivity contribution in [3.63, 3.8) is 0 Å². The lowest BCUT2D eigenvalue weighted by Crippen LogP contribution is -2.30. The van der Waals surface area contributed by atoms with Crippen LogP contribution >= 0.6 is 0 Å². The van der Waals surface area contributed by atoms with Crippen LogP contribution < -0.4 is 11.3 Å². The van der Waals surface area contributed by atoms with Crippen LogP contribution in [0.4, 0.5) is 0 Å². The molecule has 1 atom stereocenters.